The zero-order valence-electron chi connectivity index (χ0n) is 13.3. The number of nitrogens with zero attached hydrogens (tertiary/aromatic N) is 1. The van der Waals surface area contributed by atoms with Crippen molar-refractivity contribution >= 4 is 29.1 Å². The molecule has 132 valence electrons. The number of rotatable bonds is 4. The third-order valence-electron chi connectivity index (χ3n) is 3.59. The first-order valence-corrected chi connectivity index (χ1v) is 8.32. The number of amides is 1. The molecule has 3 N–H and O–H groups in total. The van der Waals surface area contributed by atoms with E-state index >= 15 is 0 Å². The Bertz CT molecular complexity index is 1020. The molecule has 0 aliphatic rings. The van der Waals surface area contributed by atoms with Crippen LogP contribution in [-0.2, 0) is 6.54 Å². The monoisotopic (exact) mass is 389 g/mol. The number of benzene rings is 2. The molecule has 0 aliphatic heterocycles. The fourth-order valence-electron chi connectivity index (χ4n) is 2.27. The van der Waals surface area contributed by atoms with E-state index in [2.05, 4.69) is 15.3 Å². The Morgan fingerprint density at radius 2 is 1.85 bits per heavy atom. The van der Waals surface area contributed by atoms with Gasteiger partial charge in [-0.3, -0.25) is 9.59 Å². The summed E-state index contributed by atoms with van der Waals surface area (Å²) in [4.78, 5) is 30.8. The molecule has 0 fully saturated rings. The van der Waals surface area contributed by atoms with Gasteiger partial charge in [0.05, 0.1) is 10.0 Å². The van der Waals surface area contributed by atoms with Crippen molar-refractivity contribution in [3.8, 4) is 17.1 Å². The molecule has 8 heteroatoms. The van der Waals surface area contributed by atoms with Gasteiger partial charge >= 0.3 is 0 Å². The van der Waals surface area contributed by atoms with Crippen molar-refractivity contribution in [1.82, 2.24) is 15.3 Å². The molecule has 2 aromatic carbocycles. The molecule has 3 aromatic rings. The third kappa shape index (κ3) is 3.87. The smallest absolute Gasteiger partial charge is 0.294 e. The van der Waals surface area contributed by atoms with E-state index in [9.17, 15) is 14.7 Å². The summed E-state index contributed by atoms with van der Waals surface area (Å²) in [5.74, 6) is -1.23. The number of hydrogen-bond acceptors (Lipinski definition) is 4. The van der Waals surface area contributed by atoms with Crippen molar-refractivity contribution in [1.29, 1.82) is 0 Å². The second kappa shape index (κ2) is 7.59. The highest BCUT2D eigenvalue weighted by Crippen LogP contribution is 2.22. The second-order valence-corrected chi connectivity index (χ2v) is 6.22. The van der Waals surface area contributed by atoms with Gasteiger partial charge in [-0.15, -0.1) is 0 Å². The van der Waals surface area contributed by atoms with Crippen LogP contribution in [0, 0.1) is 0 Å². The predicted molar refractivity (Wildman–Crippen MR) is 99.6 cm³/mol. The van der Waals surface area contributed by atoms with Crippen LogP contribution in [0.3, 0.4) is 0 Å². The number of carbonyl (C=O) groups is 1. The van der Waals surface area contributed by atoms with Gasteiger partial charge in [-0.05, 0) is 17.7 Å². The molecule has 1 amide bonds. The molecule has 1 aromatic heterocycles. The largest absolute Gasteiger partial charge is 0.501 e. The minimum Gasteiger partial charge on any atom is -0.501 e. The van der Waals surface area contributed by atoms with Crippen LogP contribution in [0.1, 0.15) is 16.1 Å². The van der Waals surface area contributed by atoms with E-state index in [4.69, 9.17) is 23.2 Å². The van der Waals surface area contributed by atoms with Gasteiger partial charge in [0, 0.05) is 12.1 Å². The molecule has 26 heavy (non-hydrogen) atoms. The van der Waals surface area contributed by atoms with Crippen LogP contribution in [0.25, 0.3) is 11.4 Å². The van der Waals surface area contributed by atoms with E-state index in [0.29, 0.717) is 21.2 Å². The lowest BCUT2D eigenvalue weighted by Crippen LogP contribution is -2.26. The normalized spacial score (nSPS) is 10.5. The third-order valence-corrected chi connectivity index (χ3v) is 4.33. The lowest BCUT2D eigenvalue weighted by atomic mass is 10.2. The first-order valence-electron chi connectivity index (χ1n) is 7.56. The van der Waals surface area contributed by atoms with Crippen LogP contribution in [0.15, 0.2) is 53.3 Å². The first-order chi connectivity index (χ1) is 12.5. The van der Waals surface area contributed by atoms with E-state index in [1.54, 1.807) is 42.5 Å². The van der Waals surface area contributed by atoms with Crippen LogP contribution in [-0.4, -0.2) is 21.0 Å². The average molecular weight is 390 g/mol. The van der Waals surface area contributed by atoms with E-state index in [1.165, 1.54) is 0 Å². The van der Waals surface area contributed by atoms with E-state index < -0.39 is 17.2 Å². The molecule has 0 bridgehead atoms. The number of H-pyrrole nitrogens is 1. The number of nitrogens with one attached hydrogen (secondary N) is 2. The molecule has 0 radical (unpaired) electrons. The first kappa shape index (κ1) is 18.0. The number of halogens is 2. The Hall–Kier alpha value is -2.83. The lowest BCUT2D eigenvalue weighted by Gasteiger charge is -2.08. The summed E-state index contributed by atoms with van der Waals surface area (Å²) >= 11 is 11.8. The van der Waals surface area contributed by atoms with Crippen LogP contribution in [0.2, 0.25) is 10.0 Å². The topological polar surface area (TPSA) is 95.1 Å². The van der Waals surface area contributed by atoms with Crippen LogP contribution in [0.4, 0.5) is 0 Å². The summed E-state index contributed by atoms with van der Waals surface area (Å²) in [6, 6.07) is 13.7. The molecule has 1 heterocycles. The second-order valence-electron chi connectivity index (χ2n) is 5.41. The Kier molecular flexibility index (Phi) is 5.25. The van der Waals surface area contributed by atoms with Gasteiger partial charge in [0.1, 0.15) is 5.82 Å². The highest BCUT2D eigenvalue weighted by Gasteiger charge is 2.18. The van der Waals surface area contributed by atoms with Crippen molar-refractivity contribution in [2.45, 2.75) is 6.54 Å². The Balaban J connectivity index is 1.85. The summed E-state index contributed by atoms with van der Waals surface area (Å²) < 4.78 is 0. The number of hydrogen-bond donors (Lipinski definition) is 3. The van der Waals surface area contributed by atoms with Crippen LogP contribution in [0.5, 0.6) is 5.75 Å². The minimum absolute atomic E-state index is 0.129. The molecule has 6 nitrogen and oxygen atoms in total. The van der Waals surface area contributed by atoms with Gasteiger partial charge < -0.3 is 15.4 Å². The maximum absolute atomic E-state index is 12.4. The molecule has 0 saturated carbocycles. The van der Waals surface area contributed by atoms with Crippen LogP contribution >= 0.6 is 23.2 Å². The predicted octanol–water partition coefficient (Wildman–Crippen LogP) is 3.38. The molecule has 0 atom stereocenters. The van der Waals surface area contributed by atoms with Gasteiger partial charge in [0.25, 0.3) is 11.5 Å². The van der Waals surface area contributed by atoms with E-state index in [0.717, 1.165) is 0 Å². The SMILES string of the molecule is O=C(NCc1ccc(Cl)c(Cl)c1)c1nc(-c2ccccc2)[nH]c(=O)c1O. The Morgan fingerprint density at radius 3 is 2.54 bits per heavy atom. The van der Waals surface area contributed by atoms with Gasteiger partial charge in [-0.1, -0.05) is 59.6 Å². The zero-order chi connectivity index (χ0) is 18.7. The van der Waals surface area contributed by atoms with Crippen molar-refractivity contribution in [2.24, 2.45) is 0 Å². The van der Waals surface area contributed by atoms with Gasteiger partial charge in [0.15, 0.2) is 5.69 Å². The van der Waals surface area contributed by atoms with Gasteiger partial charge in [-0.2, -0.15) is 0 Å². The number of aromatic hydroxyl groups is 1. The molecule has 0 aliphatic carbocycles. The lowest BCUT2D eigenvalue weighted by molar-refractivity contribution is 0.0942. The van der Waals surface area contributed by atoms with E-state index in [1.807, 2.05) is 6.07 Å². The maximum Gasteiger partial charge on any atom is 0.294 e. The van der Waals surface area contributed by atoms with Crippen molar-refractivity contribution in [3.05, 3.63) is 80.2 Å². The highest BCUT2D eigenvalue weighted by atomic mass is 35.5. The Labute approximate surface area is 158 Å². The van der Waals surface area contributed by atoms with Gasteiger partial charge in [-0.25, -0.2) is 4.98 Å². The fraction of sp³-hybridized carbons (Fsp3) is 0.0556. The van der Waals surface area contributed by atoms with Crippen molar-refractivity contribution in [2.75, 3.05) is 0 Å². The zero-order valence-corrected chi connectivity index (χ0v) is 14.8. The van der Waals surface area contributed by atoms with E-state index in [-0.39, 0.29) is 18.1 Å². The molecule has 0 saturated heterocycles. The van der Waals surface area contributed by atoms with Gasteiger partial charge in [0.2, 0.25) is 5.75 Å². The number of carbonyl (C=O) groups excluding carboxylic acids is 1. The highest BCUT2D eigenvalue weighted by molar-refractivity contribution is 6.42. The summed E-state index contributed by atoms with van der Waals surface area (Å²) in [6.45, 7) is 0.129. The standard InChI is InChI=1S/C18H13Cl2N3O3/c19-12-7-6-10(8-13(12)20)9-21-17(25)14-15(24)18(26)23-16(22-14)11-4-2-1-3-5-11/h1-8,24H,9H2,(H,21,25)(H,22,23,26). The number of aromatic amines is 1. The van der Waals surface area contributed by atoms with Crippen molar-refractivity contribution < 1.29 is 9.90 Å². The minimum atomic E-state index is -0.793. The molecule has 3 rings (SSSR count). The maximum atomic E-state index is 12.4. The quantitative estimate of drug-likeness (QED) is 0.637. The molecular formula is C18H13Cl2N3O3. The Morgan fingerprint density at radius 1 is 1.12 bits per heavy atom. The van der Waals surface area contributed by atoms with Crippen molar-refractivity contribution in [3.63, 3.8) is 0 Å². The molecule has 0 unspecified atom stereocenters. The fourth-order valence-corrected chi connectivity index (χ4v) is 2.59. The summed E-state index contributed by atoms with van der Waals surface area (Å²) in [7, 11) is 0. The van der Waals surface area contributed by atoms with Crippen LogP contribution < -0.4 is 10.9 Å². The number of aromatic nitrogens is 2. The molecule has 0 spiro atoms. The summed E-state index contributed by atoms with van der Waals surface area (Å²) in [5.41, 5.74) is 0.176. The summed E-state index contributed by atoms with van der Waals surface area (Å²) in [5, 5.41) is 13.3. The summed E-state index contributed by atoms with van der Waals surface area (Å²) in [6.07, 6.45) is 0. The molecular weight excluding hydrogens is 377 g/mol. The average Bonchev–Trinajstić information content (AvgIpc) is 2.65.